The number of carbonyl (C=O) groups excluding carboxylic acids is 1. The summed E-state index contributed by atoms with van der Waals surface area (Å²) in [4.78, 5) is 11.1. The Bertz CT molecular complexity index is 410. The molecule has 1 aromatic rings. The summed E-state index contributed by atoms with van der Waals surface area (Å²) in [6, 6.07) is 4.12. The van der Waals surface area contributed by atoms with Crippen molar-refractivity contribution in [3.05, 3.63) is 24.0 Å². The monoisotopic (exact) mass is 218 g/mol. The molecule has 1 aromatic heterocycles. The van der Waals surface area contributed by atoms with E-state index in [4.69, 9.17) is 5.26 Å². The van der Waals surface area contributed by atoms with Crippen LogP contribution < -0.4 is 0 Å². The molecule has 3 heteroatoms. The molecule has 0 aromatic carbocycles. The molecule has 0 fully saturated rings. The van der Waals surface area contributed by atoms with Gasteiger partial charge in [0.1, 0.15) is 0 Å². The molecular formula is C13H18N2O. The van der Waals surface area contributed by atoms with E-state index < -0.39 is 0 Å². The molecule has 0 unspecified atom stereocenters. The number of aromatic nitrogens is 1. The van der Waals surface area contributed by atoms with E-state index in [9.17, 15) is 4.79 Å². The molecule has 0 saturated carbocycles. The second-order valence-corrected chi connectivity index (χ2v) is 4.79. The first-order chi connectivity index (χ1) is 7.44. The van der Waals surface area contributed by atoms with Crippen LogP contribution in [-0.2, 0) is 6.54 Å². The van der Waals surface area contributed by atoms with Crippen molar-refractivity contribution in [3.63, 3.8) is 0 Å². The molecule has 0 saturated heterocycles. The van der Waals surface area contributed by atoms with Gasteiger partial charge in [-0.05, 0) is 39.7 Å². The standard InChI is InChI=1S/C13H18N2O/c1-11(16)12-5-8-15(9-12)7-4-6-13(2,3)10-14/h5,8-9H,4,6-7H2,1-3H3. The van der Waals surface area contributed by atoms with E-state index in [1.807, 2.05) is 36.9 Å². The Morgan fingerprint density at radius 2 is 2.25 bits per heavy atom. The summed E-state index contributed by atoms with van der Waals surface area (Å²) in [7, 11) is 0. The van der Waals surface area contributed by atoms with E-state index in [-0.39, 0.29) is 11.2 Å². The van der Waals surface area contributed by atoms with E-state index in [2.05, 4.69) is 6.07 Å². The molecule has 86 valence electrons. The zero-order chi connectivity index (χ0) is 12.2. The Balaban J connectivity index is 2.44. The first kappa shape index (κ1) is 12.5. The molecule has 3 nitrogen and oxygen atoms in total. The van der Waals surface area contributed by atoms with Crippen LogP contribution in [0.2, 0.25) is 0 Å². The van der Waals surface area contributed by atoms with Crippen LogP contribution in [0.3, 0.4) is 0 Å². The van der Waals surface area contributed by atoms with E-state index in [0.29, 0.717) is 0 Å². The molecular weight excluding hydrogens is 200 g/mol. The maximum Gasteiger partial charge on any atom is 0.161 e. The van der Waals surface area contributed by atoms with E-state index in [1.54, 1.807) is 6.92 Å². The number of hydrogen-bond donors (Lipinski definition) is 0. The summed E-state index contributed by atoms with van der Waals surface area (Å²) in [6.45, 7) is 6.32. The van der Waals surface area contributed by atoms with Gasteiger partial charge in [0.05, 0.1) is 11.5 Å². The molecule has 1 rings (SSSR count). The van der Waals surface area contributed by atoms with Crippen molar-refractivity contribution >= 4 is 5.78 Å². The smallest absolute Gasteiger partial charge is 0.161 e. The average molecular weight is 218 g/mol. The lowest BCUT2D eigenvalue weighted by molar-refractivity contribution is 0.101. The minimum Gasteiger partial charge on any atom is -0.354 e. The first-order valence-corrected chi connectivity index (χ1v) is 5.52. The number of aryl methyl sites for hydroxylation is 1. The largest absolute Gasteiger partial charge is 0.354 e. The van der Waals surface area contributed by atoms with Crippen LogP contribution >= 0.6 is 0 Å². The summed E-state index contributed by atoms with van der Waals surface area (Å²) in [5, 5.41) is 8.87. The number of hydrogen-bond acceptors (Lipinski definition) is 2. The zero-order valence-electron chi connectivity index (χ0n) is 10.2. The van der Waals surface area contributed by atoms with Crippen molar-refractivity contribution in [1.82, 2.24) is 4.57 Å². The Hall–Kier alpha value is -1.56. The van der Waals surface area contributed by atoms with Gasteiger partial charge in [0.2, 0.25) is 0 Å². The van der Waals surface area contributed by atoms with Crippen molar-refractivity contribution in [2.75, 3.05) is 0 Å². The van der Waals surface area contributed by atoms with Crippen LogP contribution in [0.4, 0.5) is 0 Å². The van der Waals surface area contributed by atoms with Gasteiger partial charge in [-0.2, -0.15) is 5.26 Å². The number of rotatable bonds is 5. The van der Waals surface area contributed by atoms with Gasteiger partial charge in [-0.15, -0.1) is 0 Å². The number of ketones is 1. The highest BCUT2D eigenvalue weighted by molar-refractivity contribution is 5.93. The Morgan fingerprint density at radius 3 is 2.75 bits per heavy atom. The maximum atomic E-state index is 11.1. The first-order valence-electron chi connectivity index (χ1n) is 5.52. The quantitative estimate of drug-likeness (QED) is 0.713. The molecule has 1 heterocycles. The molecule has 0 aliphatic rings. The van der Waals surface area contributed by atoms with Gasteiger partial charge in [0.15, 0.2) is 5.78 Å². The number of nitrogens with zero attached hydrogens (tertiary/aromatic N) is 2. The van der Waals surface area contributed by atoms with Gasteiger partial charge in [0.25, 0.3) is 0 Å². The highest BCUT2D eigenvalue weighted by Gasteiger charge is 2.15. The van der Waals surface area contributed by atoms with Gasteiger partial charge < -0.3 is 4.57 Å². The third-order valence-corrected chi connectivity index (χ3v) is 2.68. The number of nitriles is 1. The minimum atomic E-state index is -0.253. The summed E-state index contributed by atoms with van der Waals surface area (Å²) in [6.07, 6.45) is 5.60. The van der Waals surface area contributed by atoms with Crippen LogP contribution in [0.15, 0.2) is 18.5 Å². The molecule has 0 atom stereocenters. The second-order valence-electron chi connectivity index (χ2n) is 4.79. The van der Waals surface area contributed by atoms with Crippen LogP contribution in [0, 0.1) is 16.7 Å². The van der Waals surface area contributed by atoms with Crippen LogP contribution in [0.5, 0.6) is 0 Å². The normalized spacial score (nSPS) is 11.1. The van der Waals surface area contributed by atoms with E-state index in [0.717, 1.165) is 24.9 Å². The molecule has 0 spiro atoms. The SMILES string of the molecule is CC(=O)c1ccn(CCCC(C)(C)C#N)c1. The average Bonchev–Trinajstić information content (AvgIpc) is 2.66. The predicted molar refractivity (Wildman–Crippen MR) is 63.1 cm³/mol. The molecule has 0 amide bonds. The fraction of sp³-hybridized carbons (Fsp3) is 0.538. The van der Waals surface area contributed by atoms with Crippen molar-refractivity contribution in [1.29, 1.82) is 5.26 Å². The highest BCUT2D eigenvalue weighted by atomic mass is 16.1. The lowest BCUT2D eigenvalue weighted by Gasteiger charge is -2.14. The molecule has 0 aliphatic carbocycles. The van der Waals surface area contributed by atoms with Crippen LogP contribution in [-0.4, -0.2) is 10.4 Å². The zero-order valence-corrected chi connectivity index (χ0v) is 10.2. The molecule has 0 aliphatic heterocycles. The molecule has 0 N–H and O–H groups in total. The van der Waals surface area contributed by atoms with Gasteiger partial charge in [-0.1, -0.05) is 0 Å². The summed E-state index contributed by atoms with van der Waals surface area (Å²) < 4.78 is 2.00. The Morgan fingerprint density at radius 1 is 1.56 bits per heavy atom. The fourth-order valence-electron chi connectivity index (χ4n) is 1.55. The van der Waals surface area contributed by atoms with Crippen molar-refractivity contribution in [2.45, 2.75) is 40.2 Å². The van der Waals surface area contributed by atoms with Crippen LogP contribution in [0.25, 0.3) is 0 Å². The molecule has 16 heavy (non-hydrogen) atoms. The minimum absolute atomic E-state index is 0.0936. The topological polar surface area (TPSA) is 45.8 Å². The Kier molecular flexibility index (Phi) is 3.89. The second kappa shape index (κ2) is 4.98. The van der Waals surface area contributed by atoms with Gasteiger partial charge in [0, 0.05) is 24.5 Å². The van der Waals surface area contributed by atoms with Gasteiger partial charge >= 0.3 is 0 Å². The predicted octanol–water partition coefficient (Wildman–Crippen LogP) is 3.02. The van der Waals surface area contributed by atoms with Crippen LogP contribution in [0.1, 0.15) is 44.0 Å². The Labute approximate surface area is 96.7 Å². The lowest BCUT2D eigenvalue weighted by atomic mass is 9.90. The lowest BCUT2D eigenvalue weighted by Crippen LogP contribution is -2.09. The van der Waals surface area contributed by atoms with Crippen molar-refractivity contribution in [3.8, 4) is 6.07 Å². The summed E-state index contributed by atoms with van der Waals surface area (Å²) in [5.41, 5.74) is 0.496. The van der Waals surface area contributed by atoms with Gasteiger partial charge in [-0.25, -0.2) is 0 Å². The highest BCUT2D eigenvalue weighted by Crippen LogP contribution is 2.21. The summed E-state index contributed by atoms with van der Waals surface area (Å²) >= 11 is 0. The van der Waals surface area contributed by atoms with E-state index >= 15 is 0 Å². The van der Waals surface area contributed by atoms with Crippen molar-refractivity contribution in [2.24, 2.45) is 5.41 Å². The molecule has 0 bridgehead atoms. The fourth-order valence-corrected chi connectivity index (χ4v) is 1.55. The van der Waals surface area contributed by atoms with Crippen molar-refractivity contribution < 1.29 is 4.79 Å². The third kappa shape index (κ3) is 3.54. The maximum absolute atomic E-state index is 11.1. The molecule has 0 radical (unpaired) electrons. The summed E-state index contributed by atoms with van der Waals surface area (Å²) in [5.74, 6) is 0.0936. The third-order valence-electron chi connectivity index (χ3n) is 2.68. The van der Waals surface area contributed by atoms with Gasteiger partial charge in [-0.3, -0.25) is 4.79 Å². The van der Waals surface area contributed by atoms with E-state index in [1.165, 1.54) is 0 Å². The number of carbonyl (C=O) groups is 1. The number of Topliss-reactive ketones (excluding diaryl/α,β-unsaturated/α-hetero) is 1.